The molecule has 2 aromatic rings. The van der Waals surface area contributed by atoms with Gasteiger partial charge in [0.15, 0.2) is 11.5 Å². The van der Waals surface area contributed by atoms with Gasteiger partial charge >= 0.3 is 0 Å². The molecule has 3 rings (SSSR count). The zero-order valence-corrected chi connectivity index (χ0v) is 17.3. The van der Waals surface area contributed by atoms with Crippen molar-refractivity contribution in [2.75, 3.05) is 25.5 Å². The quantitative estimate of drug-likeness (QED) is 0.690. The Kier molecular flexibility index (Phi) is 8.61. The van der Waals surface area contributed by atoms with E-state index in [1.54, 1.807) is 7.11 Å². The molecule has 0 radical (unpaired) electrons. The lowest BCUT2D eigenvalue weighted by Gasteiger charge is -2.28. The number of hydrogen-bond acceptors (Lipinski definition) is 4. The van der Waals surface area contributed by atoms with Gasteiger partial charge in [0.2, 0.25) is 5.91 Å². The number of ether oxygens (including phenoxy) is 2. The fourth-order valence-electron chi connectivity index (χ4n) is 3.47. The molecule has 28 heavy (non-hydrogen) atoms. The number of nitrogens with one attached hydrogen (secondary N) is 2. The van der Waals surface area contributed by atoms with Crippen LogP contribution in [0.4, 0.5) is 5.69 Å². The van der Waals surface area contributed by atoms with Crippen molar-refractivity contribution in [1.29, 1.82) is 0 Å². The lowest BCUT2D eigenvalue weighted by atomic mass is 9.85. The highest BCUT2D eigenvalue weighted by atomic mass is 35.5. The van der Waals surface area contributed by atoms with Crippen molar-refractivity contribution < 1.29 is 14.3 Å². The number of halogens is 1. The Labute approximate surface area is 173 Å². The standard InChI is InChI=1S/C22H28N2O3.ClH/c1-16(17-6-5-13-23-15-17)14-22(25)24-18-9-11-19(12-10-18)27-21-8-4-3-7-20(21)26-2;/h3-4,7-12,16-17,23H,5-6,13-15H2,1-2H3,(H,24,25);1H. The van der Waals surface area contributed by atoms with E-state index in [9.17, 15) is 4.79 Å². The van der Waals surface area contributed by atoms with Crippen molar-refractivity contribution in [3.63, 3.8) is 0 Å². The van der Waals surface area contributed by atoms with E-state index >= 15 is 0 Å². The van der Waals surface area contributed by atoms with E-state index in [2.05, 4.69) is 17.6 Å². The van der Waals surface area contributed by atoms with Gasteiger partial charge in [0, 0.05) is 12.1 Å². The lowest BCUT2D eigenvalue weighted by molar-refractivity contribution is -0.117. The van der Waals surface area contributed by atoms with Crippen LogP contribution >= 0.6 is 12.4 Å². The third-order valence-corrected chi connectivity index (χ3v) is 5.08. The summed E-state index contributed by atoms with van der Waals surface area (Å²) in [6.07, 6.45) is 2.95. The number of rotatable bonds is 7. The molecule has 152 valence electrons. The third-order valence-electron chi connectivity index (χ3n) is 5.08. The summed E-state index contributed by atoms with van der Waals surface area (Å²) in [6, 6.07) is 14.9. The van der Waals surface area contributed by atoms with Crippen LogP contribution < -0.4 is 20.1 Å². The fourth-order valence-corrected chi connectivity index (χ4v) is 3.47. The number of benzene rings is 2. The van der Waals surface area contributed by atoms with Crippen molar-refractivity contribution in [1.82, 2.24) is 5.32 Å². The molecule has 1 fully saturated rings. The topological polar surface area (TPSA) is 59.6 Å². The number of hydrogen-bond donors (Lipinski definition) is 2. The second-order valence-electron chi connectivity index (χ2n) is 7.11. The SMILES string of the molecule is COc1ccccc1Oc1ccc(NC(=O)CC(C)C2CCCNC2)cc1.Cl. The number of carbonyl (C=O) groups excluding carboxylic acids is 1. The van der Waals surface area contributed by atoms with E-state index in [1.165, 1.54) is 12.8 Å². The fraction of sp³-hybridized carbons (Fsp3) is 0.409. The molecule has 1 aliphatic heterocycles. The van der Waals surface area contributed by atoms with Crippen LogP contribution in [0.2, 0.25) is 0 Å². The molecule has 0 spiro atoms. The molecule has 2 unspecified atom stereocenters. The van der Waals surface area contributed by atoms with Crippen LogP contribution in [0.1, 0.15) is 26.2 Å². The Bertz CT molecular complexity index is 746. The normalized spacial score (nSPS) is 17.1. The number of anilines is 1. The van der Waals surface area contributed by atoms with Crippen LogP contribution in [0, 0.1) is 11.8 Å². The van der Waals surface area contributed by atoms with Crippen LogP contribution in [0.15, 0.2) is 48.5 Å². The summed E-state index contributed by atoms with van der Waals surface area (Å²) < 4.78 is 11.2. The van der Waals surface area contributed by atoms with Gasteiger partial charge in [-0.2, -0.15) is 0 Å². The molecule has 0 aromatic heterocycles. The molecule has 2 N–H and O–H groups in total. The van der Waals surface area contributed by atoms with Crippen molar-refractivity contribution in [3.8, 4) is 17.2 Å². The van der Waals surface area contributed by atoms with E-state index in [1.807, 2.05) is 48.5 Å². The highest BCUT2D eigenvalue weighted by Gasteiger charge is 2.22. The number of piperidine rings is 1. The lowest BCUT2D eigenvalue weighted by Crippen LogP contribution is -2.34. The Balaban J connectivity index is 0.00000280. The maximum atomic E-state index is 12.3. The second-order valence-corrected chi connectivity index (χ2v) is 7.11. The number of amides is 1. The molecular formula is C22H29ClN2O3. The van der Waals surface area contributed by atoms with Gasteiger partial charge in [-0.05, 0) is 74.2 Å². The first-order chi connectivity index (χ1) is 13.2. The van der Waals surface area contributed by atoms with Crippen molar-refractivity contribution in [2.45, 2.75) is 26.2 Å². The van der Waals surface area contributed by atoms with Gasteiger partial charge in [-0.3, -0.25) is 4.79 Å². The zero-order chi connectivity index (χ0) is 19.1. The zero-order valence-electron chi connectivity index (χ0n) is 16.4. The van der Waals surface area contributed by atoms with E-state index in [4.69, 9.17) is 9.47 Å². The van der Waals surface area contributed by atoms with Crippen LogP contribution in [-0.2, 0) is 4.79 Å². The van der Waals surface area contributed by atoms with Gasteiger partial charge in [0.1, 0.15) is 5.75 Å². The third kappa shape index (κ3) is 6.14. The number of methoxy groups -OCH3 is 1. The first kappa shape index (κ1) is 22.1. The van der Waals surface area contributed by atoms with Crippen molar-refractivity contribution >= 4 is 24.0 Å². The van der Waals surface area contributed by atoms with E-state index in [0.717, 1.165) is 18.8 Å². The van der Waals surface area contributed by atoms with Crippen LogP contribution in [0.3, 0.4) is 0 Å². The maximum absolute atomic E-state index is 12.3. The summed E-state index contributed by atoms with van der Waals surface area (Å²) in [4.78, 5) is 12.3. The molecular weight excluding hydrogens is 376 g/mol. The predicted molar refractivity (Wildman–Crippen MR) is 115 cm³/mol. The minimum absolute atomic E-state index is 0. The molecule has 0 bridgehead atoms. The average Bonchev–Trinajstić information content (AvgIpc) is 2.70. The highest BCUT2D eigenvalue weighted by Crippen LogP contribution is 2.31. The van der Waals surface area contributed by atoms with E-state index in [0.29, 0.717) is 35.5 Å². The Morgan fingerprint density at radius 1 is 1.18 bits per heavy atom. The molecule has 0 aliphatic carbocycles. The number of carbonyl (C=O) groups is 1. The first-order valence-electron chi connectivity index (χ1n) is 9.57. The molecule has 6 heteroatoms. The highest BCUT2D eigenvalue weighted by molar-refractivity contribution is 5.90. The van der Waals surface area contributed by atoms with Crippen LogP contribution in [0.25, 0.3) is 0 Å². The van der Waals surface area contributed by atoms with Gasteiger partial charge in [0.05, 0.1) is 7.11 Å². The Morgan fingerprint density at radius 3 is 2.54 bits per heavy atom. The summed E-state index contributed by atoms with van der Waals surface area (Å²) in [6.45, 7) is 4.28. The molecule has 1 amide bonds. The largest absolute Gasteiger partial charge is 0.493 e. The van der Waals surface area contributed by atoms with Crippen LogP contribution in [-0.4, -0.2) is 26.1 Å². The summed E-state index contributed by atoms with van der Waals surface area (Å²) in [5.74, 6) is 3.06. The van der Waals surface area contributed by atoms with Gasteiger partial charge < -0.3 is 20.1 Å². The smallest absolute Gasteiger partial charge is 0.224 e. The van der Waals surface area contributed by atoms with Gasteiger partial charge in [-0.15, -0.1) is 12.4 Å². The molecule has 1 saturated heterocycles. The van der Waals surface area contributed by atoms with Gasteiger partial charge in [-0.25, -0.2) is 0 Å². The average molecular weight is 405 g/mol. The van der Waals surface area contributed by atoms with E-state index in [-0.39, 0.29) is 18.3 Å². The monoisotopic (exact) mass is 404 g/mol. The summed E-state index contributed by atoms with van der Waals surface area (Å²) in [5, 5.41) is 6.40. The molecule has 0 saturated carbocycles. The summed E-state index contributed by atoms with van der Waals surface area (Å²) >= 11 is 0. The Morgan fingerprint density at radius 2 is 1.89 bits per heavy atom. The predicted octanol–water partition coefficient (Wildman–Crippen LogP) is 4.87. The molecule has 1 aliphatic rings. The minimum Gasteiger partial charge on any atom is -0.493 e. The molecule has 1 heterocycles. The molecule has 2 aromatic carbocycles. The van der Waals surface area contributed by atoms with Gasteiger partial charge in [-0.1, -0.05) is 19.1 Å². The second kappa shape index (κ2) is 10.9. The minimum atomic E-state index is 0. The summed E-state index contributed by atoms with van der Waals surface area (Å²) in [7, 11) is 1.62. The van der Waals surface area contributed by atoms with Crippen molar-refractivity contribution in [3.05, 3.63) is 48.5 Å². The maximum Gasteiger partial charge on any atom is 0.224 e. The van der Waals surface area contributed by atoms with Crippen LogP contribution in [0.5, 0.6) is 17.2 Å². The Hall–Kier alpha value is -2.24. The first-order valence-corrected chi connectivity index (χ1v) is 9.57. The van der Waals surface area contributed by atoms with Crippen molar-refractivity contribution in [2.24, 2.45) is 11.8 Å². The van der Waals surface area contributed by atoms with Gasteiger partial charge in [0.25, 0.3) is 0 Å². The molecule has 2 atom stereocenters. The number of para-hydroxylation sites is 2. The summed E-state index contributed by atoms with van der Waals surface area (Å²) in [5.41, 5.74) is 0.779. The van der Waals surface area contributed by atoms with E-state index < -0.39 is 0 Å². The molecule has 5 nitrogen and oxygen atoms in total.